The summed E-state index contributed by atoms with van der Waals surface area (Å²) in [5.41, 5.74) is 8.12. The molecule has 0 bridgehead atoms. The fraction of sp³-hybridized carbons (Fsp3) is 0.833. The minimum atomic E-state index is -1.93. The highest BCUT2D eigenvalue weighted by atomic mass is 32.2. The number of rotatable bonds is 4. The van der Waals surface area contributed by atoms with Crippen molar-refractivity contribution in [3.05, 3.63) is 5.53 Å². The zero-order chi connectivity index (χ0) is 8.85. The average Bonchev–Trinajstić information content (AvgIpc) is 1.86. The molecule has 0 heterocycles. The Labute approximate surface area is 68.5 Å². The smallest absolute Gasteiger partial charge is 0.275 e. The quantitative estimate of drug-likeness (QED) is 0.299. The van der Waals surface area contributed by atoms with Crippen LogP contribution in [-0.2, 0) is 11.1 Å². The third-order valence-electron chi connectivity index (χ3n) is 1.20. The molecule has 0 spiro atoms. The van der Waals surface area contributed by atoms with E-state index in [4.69, 9.17) is 10.1 Å². The minimum Gasteiger partial charge on any atom is -0.362 e. The molecular formula is C6H12N2O2S. The minimum absolute atomic E-state index is 0.314. The molecule has 2 atom stereocenters. The van der Waals surface area contributed by atoms with Crippen LogP contribution in [0.1, 0.15) is 20.3 Å². The zero-order valence-corrected chi connectivity index (χ0v) is 7.41. The number of nitrogens with zero attached hydrogens (tertiary/aromatic N) is 2. The average molecular weight is 176 g/mol. The van der Waals surface area contributed by atoms with Gasteiger partial charge in [0.2, 0.25) is 0 Å². The van der Waals surface area contributed by atoms with Crippen LogP contribution in [0.2, 0.25) is 0 Å². The van der Waals surface area contributed by atoms with E-state index in [1.807, 2.05) is 13.8 Å². The number of hydrogen-bond donors (Lipinski definition) is 1. The van der Waals surface area contributed by atoms with Gasteiger partial charge >= 0.3 is 0 Å². The highest BCUT2D eigenvalue weighted by molar-refractivity contribution is 7.80. The van der Waals surface area contributed by atoms with Crippen LogP contribution < -0.4 is 0 Å². The van der Waals surface area contributed by atoms with Crippen LogP contribution in [0.15, 0.2) is 0 Å². The van der Waals surface area contributed by atoms with E-state index in [1.165, 1.54) is 0 Å². The van der Waals surface area contributed by atoms with E-state index in [1.54, 1.807) is 0 Å². The monoisotopic (exact) mass is 176 g/mol. The molecule has 4 nitrogen and oxygen atoms in total. The molecule has 0 radical (unpaired) electrons. The first-order valence-corrected chi connectivity index (χ1v) is 4.52. The van der Waals surface area contributed by atoms with Gasteiger partial charge in [-0.25, -0.2) is 4.21 Å². The summed E-state index contributed by atoms with van der Waals surface area (Å²) in [7, 11) is 0. The van der Waals surface area contributed by atoms with Gasteiger partial charge in [-0.3, -0.25) is 0 Å². The van der Waals surface area contributed by atoms with Crippen molar-refractivity contribution in [1.82, 2.24) is 0 Å². The van der Waals surface area contributed by atoms with Gasteiger partial charge < -0.3 is 10.1 Å². The summed E-state index contributed by atoms with van der Waals surface area (Å²) < 4.78 is 19.2. The molecule has 0 saturated carbocycles. The molecule has 11 heavy (non-hydrogen) atoms. The van der Waals surface area contributed by atoms with E-state index in [0.29, 0.717) is 12.3 Å². The molecule has 5 heteroatoms. The molecule has 0 aliphatic heterocycles. The van der Waals surface area contributed by atoms with Crippen molar-refractivity contribution in [3.8, 4) is 0 Å². The largest absolute Gasteiger partial charge is 0.362 e. The second-order valence-corrected chi connectivity index (χ2v) is 3.87. The van der Waals surface area contributed by atoms with Crippen LogP contribution >= 0.6 is 0 Å². The Balaban J connectivity index is 4.11. The highest BCUT2D eigenvalue weighted by Crippen LogP contribution is 2.06. The van der Waals surface area contributed by atoms with Crippen molar-refractivity contribution in [2.45, 2.75) is 25.5 Å². The van der Waals surface area contributed by atoms with Gasteiger partial charge in [-0.2, -0.15) is 4.79 Å². The summed E-state index contributed by atoms with van der Waals surface area (Å²) in [6, 6.07) is 0. The molecule has 0 aliphatic carbocycles. The van der Waals surface area contributed by atoms with Gasteiger partial charge in [-0.1, -0.05) is 13.8 Å². The van der Waals surface area contributed by atoms with Crippen molar-refractivity contribution in [1.29, 1.82) is 0 Å². The molecule has 64 valence electrons. The lowest BCUT2D eigenvalue weighted by molar-refractivity contribution is 0.000835. The van der Waals surface area contributed by atoms with Crippen LogP contribution in [-0.4, -0.2) is 25.0 Å². The lowest BCUT2D eigenvalue weighted by atomic mass is 10.1. The summed E-state index contributed by atoms with van der Waals surface area (Å²) in [5.74, 6) is 0.314. The molecule has 0 aromatic heterocycles. The molecule has 1 N–H and O–H groups in total. The Morgan fingerprint density at radius 1 is 1.73 bits per heavy atom. The van der Waals surface area contributed by atoms with E-state index in [2.05, 4.69) is 4.79 Å². The Morgan fingerprint density at radius 2 is 2.27 bits per heavy atom. The van der Waals surface area contributed by atoms with Crippen molar-refractivity contribution < 1.29 is 13.6 Å². The summed E-state index contributed by atoms with van der Waals surface area (Å²) in [4.78, 5) is 2.73. The van der Waals surface area contributed by atoms with Gasteiger partial charge in [0.05, 0.1) is 0 Å². The lowest BCUT2D eigenvalue weighted by Gasteiger charge is -2.05. The maximum atomic E-state index is 10.5. The van der Waals surface area contributed by atoms with Gasteiger partial charge in [-0.05, 0) is 12.3 Å². The fourth-order valence-electron chi connectivity index (χ4n) is 0.734. The van der Waals surface area contributed by atoms with E-state index in [-0.39, 0.29) is 0 Å². The molecule has 0 aromatic carbocycles. The highest BCUT2D eigenvalue weighted by Gasteiger charge is 2.18. The molecule has 0 rings (SSSR count). The SMILES string of the molecule is CC(C)CC(C=[N+]=[N-])S(=O)O. The predicted molar refractivity (Wildman–Crippen MR) is 43.7 cm³/mol. The summed E-state index contributed by atoms with van der Waals surface area (Å²) >= 11 is -1.93. The first-order chi connectivity index (χ1) is 5.07. The molecule has 0 saturated heterocycles. The van der Waals surface area contributed by atoms with E-state index in [9.17, 15) is 4.21 Å². The molecular weight excluding hydrogens is 164 g/mol. The Hall–Kier alpha value is -0.510. The second-order valence-electron chi connectivity index (χ2n) is 2.71. The van der Waals surface area contributed by atoms with Crippen molar-refractivity contribution in [2.24, 2.45) is 5.92 Å². The van der Waals surface area contributed by atoms with Gasteiger partial charge in [0.1, 0.15) is 0 Å². The van der Waals surface area contributed by atoms with E-state index < -0.39 is 16.3 Å². The van der Waals surface area contributed by atoms with Crippen LogP contribution in [0.4, 0.5) is 0 Å². The molecule has 2 unspecified atom stereocenters. The summed E-state index contributed by atoms with van der Waals surface area (Å²) in [6.07, 6.45) is 1.64. The first kappa shape index (κ1) is 10.5. The third-order valence-corrected chi connectivity index (χ3v) is 2.03. The Morgan fingerprint density at radius 3 is 2.55 bits per heavy atom. The van der Waals surface area contributed by atoms with E-state index >= 15 is 0 Å². The lowest BCUT2D eigenvalue weighted by Crippen LogP contribution is -2.18. The second kappa shape index (κ2) is 5.18. The standard InChI is InChI=1S/C6H12N2O2S/c1-5(2)3-6(4-8-7)11(9)10/h4-6H,3H2,1-2H3,(H,9,10). The Bertz CT molecular complexity index is 185. The maximum absolute atomic E-state index is 10.5. The third kappa shape index (κ3) is 4.84. The van der Waals surface area contributed by atoms with Crippen molar-refractivity contribution in [3.63, 3.8) is 0 Å². The van der Waals surface area contributed by atoms with Gasteiger partial charge in [-0.15, -0.1) is 0 Å². The van der Waals surface area contributed by atoms with Crippen LogP contribution in [0, 0.1) is 5.92 Å². The predicted octanol–water partition coefficient (Wildman–Crippen LogP) is 0.923. The van der Waals surface area contributed by atoms with Gasteiger partial charge in [0, 0.05) is 0 Å². The first-order valence-electron chi connectivity index (χ1n) is 3.35. The maximum Gasteiger partial charge on any atom is 0.275 e. The summed E-state index contributed by atoms with van der Waals surface area (Å²) in [6.45, 7) is 3.87. The molecule has 0 aromatic rings. The van der Waals surface area contributed by atoms with Crippen LogP contribution in [0.5, 0.6) is 0 Å². The number of hydrogen-bond acceptors (Lipinski definition) is 1. The zero-order valence-electron chi connectivity index (χ0n) is 6.60. The van der Waals surface area contributed by atoms with E-state index in [0.717, 1.165) is 6.21 Å². The molecule has 0 aliphatic rings. The van der Waals surface area contributed by atoms with Crippen LogP contribution in [0.3, 0.4) is 0 Å². The normalized spacial score (nSPS) is 15.6. The van der Waals surface area contributed by atoms with Crippen LogP contribution in [0.25, 0.3) is 5.53 Å². The molecule has 0 fully saturated rings. The van der Waals surface area contributed by atoms with Crippen molar-refractivity contribution >= 4 is 17.3 Å². The van der Waals surface area contributed by atoms with Crippen molar-refractivity contribution in [2.75, 3.05) is 0 Å². The topological polar surface area (TPSA) is 73.7 Å². The molecule has 0 amide bonds. The Kier molecular flexibility index (Phi) is 4.94. The van der Waals surface area contributed by atoms with Gasteiger partial charge in [0.25, 0.3) is 6.21 Å². The summed E-state index contributed by atoms with van der Waals surface area (Å²) in [5, 5.41) is -0.556. The fourth-order valence-corrected chi connectivity index (χ4v) is 1.44. The van der Waals surface area contributed by atoms with Gasteiger partial charge in [0.15, 0.2) is 16.3 Å².